The largest absolute Gasteiger partial charge is 0.344 e. The summed E-state index contributed by atoms with van der Waals surface area (Å²) in [6, 6.07) is 7.20. The first kappa shape index (κ1) is 12.0. The van der Waals surface area contributed by atoms with Gasteiger partial charge in [-0.3, -0.25) is 4.18 Å². The number of benzene rings is 1. The predicted octanol–water partition coefficient (Wildman–Crippen LogP) is 1.20. The Hall–Kier alpha value is -1.44. The summed E-state index contributed by atoms with van der Waals surface area (Å²) in [5.41, 5.74) is 1.32. The van der Waals surface area contributed by atoms with Crippen LogP contribution in [0.25, 0.3) is 11.0 Å². The summed E-state index contributed by atoms with van der Waals surface area (Å²) < 4.78 is 24.7. The van der Waals surface area contributed by atoms with Crippen LogP contribution in [0.15, 0.2) is 24.3 Å². The molecule has 0 aliphatic heterocycles. The van der Waals surface area contributed by atoms with E-state index in [1.165, 1.54) is 0 Å². The third kappa shape index (κ3) is 3.02. The number of thiol groups is 1. The fourth-order valence-corrected chi connectivity index (χ4v) is 1.61. The second-order valence-corrected chi connectivity index (χ2v) is 4.09. The molecule has 6 nitrogen and oxygen atoms in total. The van der Waals surface area contributed by atoms with E-state index >= 15 is 0 Å². The minimum absolute atomic E-state index is 0.161. The maximum atomic E-state index is 10.2. The molecular formula is C9H8ClN3O3S. The molecular weight excluding hydrogens is 266 g/mol. The van der Waals surface area contributed by atoms with Gasteiger partial charge in [0.25, 0.3) is 11.0 Å². The van der Waals surface area contributed by atoms with Gasteiger partial charge < -0.3 is 5.32 Å². The maximum absolute atomic E-state index is 10.2. The zero-order valence-corrected chi connectivity index (χ0v) is 10.1. The molecule has 0 atom stereocenters. The van der Waals surface area contributed by atoms with Gasteiger partial charge in [0, 0.05) is 0 Å². The van der Waals surface area contributed by atoms with Crippen molar-refractivity contribution in [1.29, 1.82) is 0 Å². The zero-order chi connectivity index (χ0) is 12.3. The molecule has 0 aliphatic rings. The molecule has 0 amide bonds. The standard InChI is InChI=1S/C9H8ClN3O3S/c10-8-9(11-5-16-17(14)15)13-7-4-2-1-3-6(7)12-8/h1-4,17H,5H2,(H,11,13). The molecule has 0 fully saturated rings. The van der Waals surface area contributed by atoms with Crippen molar-refractivity contribution in [3.05, 3.63) is 29.4 Å². The summed E-state index contributed by atoms with van der Waals surface area (Å²) in [4.78, 5) is 8.30. The molecule has 0 radical (unpaired) electrons. The Bertz CT molecular complexity index is 609. The summed E-state index contributed by atoms with van der Waals surface area (Å²) in [7, 11) is -2.89. The lowest BCUT2D eigenvalue weighted by molar-refractivity contribution is 0.360. The van der Waals surface area contributed by atoms with Crippen LogP contribution in [0.4, 0.5) is 5.82 Å². The van der Waals surface area contributed by atoms with E-state index in [4.69, 9.17) is 11.6 Å². The number of hydrogen-bond acceptors (Lipinski definition) is 6. The van der Waals surface area contributed by atoms with Gasteiger partial charge in [-0.25, -0.2) is 18.4 Å². The summed E-state index contributed by atoms with van der Waals surface area (Å²) in [5, 5.41) is 2.79. The molecule has 0 aliphatic carbocycles. The number of aromatic nitrogens is 2. The van der Waals surface area contributed by atoms with Gasteiger partial charge >= 0.3 is 0 Å². The maximum Gasteiger partial charge on any atom is 0.258 e. The number of para-hydroxylation sites is 2. The number of fused-ring (bicyclic) bond motifs is 1. The minimum atomic E-state index is -2.89. The first-order chi connectivity index (χ1) is 8.16. The molecule has 0 unspecified atom stereocenters. The number of nitrogens with one attached hydrogen (secondary N) is 1. The van der Waals surface area contributed by atoms with E-state index in [0.29, 0.717) is 11.0 Å². The lowest BCUT2D eigenvalue weighted by Crippen LogP contribution is -2.07. The third-order valence-corrected chi connectivity index (χ3v) is 2.54. The van der Waals surface area contributed by atoms with Crippen molar-refractivity contribution in [1.82, 2.24) is 9.97 Å². The van der Waals surface area contributed by atoms with E-state index in [9.17, 15) is 8.42 Å². The molecule has 1 aromatic heterocycles. The second-order valence-electron chi connectivity index (χ2n) is 3.03. The van der Waals surface area contributed by atoms with E-state index in [1.54, 1.807) is 12.1 Å². The molecule has 0 saturated carbocycles. The highest BCUT2D eigenvalue weighted by molar-refractivity contribution is 7.67. The average molecular weight is 274 g/mol. The lowest BCUT2D eigenvalue weighted by atomic mass is 10.3. The summed E-state index contributed by atoms with van der Waals surface area (Å²) in [5.74, 6) is 0.280. The molecule has 2 aromatic rings. The monoisotopic (exact) mass is 273 g/mol. The Balaban J connectivity index is 2.24. The second kappa shape index (κ2) is 5.26. The summed E-state index contributed by atoms with van der Waals surface area (Å²) >= 11 is 5.88. The molecule has 8 heteroatoms. The molecule has 1 aromatic carbocycles. The molecule has 90 valence electrons. The Morgan fingerprint density at radius 3 is 2.53 bits per heavy atom. The molecule has 2 rings (SSSR count). The van der Waals surface area contributed by atoms with Crippen molar-refractivity contribution in [2.24, 2.45) is 0 Å². The van der Waals surface area contributed by atoms with Crippen molar-refractivity contribution in [2.75, 3.05) is 12.0 Å². The molecule has 1 N–H and O–H groups in total. The highest BCUT2D eigenvalue weighted by Gasteiger charge is 2.05. The van der Waals surface area contributed by atoms with Crippen LogP contribution >= 0.6 is 11.6 Å². The topological polar surface area (TPSA) is 81.2 Å². The van der Waals surface area contributed by atoms with E-state index < -0.39 is 11.0 Å². The van der Waals surface area contributed by atoms with Crippen molar-refractivity contribution in [3.63, 3.8) is 0 Å². The number of nitrogens with zero attached hydrogens (tertiary/aromatic N) is 2. The van der Waals surface area contributed by atoms with Gasteiger partial charge in [-0.05, 0) is 12.1 Å². The summed E-state index contributed by atoms with van der Waals surface area (Å²) in [6.45, 7) is -0.231. The van der Waals surface area contributed by atoms with Crippen LogP contribution < -0.4 is 5.32 Å². The fourth-order valence-electron chi connectivity index (χ4n) is 1.24. The van der Waals surface area contributed by atoms with Crippen LogP contribution in [0.1, 0.15) is 0 Å². The molecule has 1 heterocycles. The van der Waals surface area contributed by atoms with Crippen LogP contribution in [-0.2, 0) is 15.2 Å². The Kier molecular flexibility index (Phi) is 3.72. The third-order valence-electron chi connectivity index (χ3n) is 1.94. The van der Waals surface area contributed by atoms with Crippen LogP contribution in [0.5, 0.6) is 0 Å². The van der Waals surface area contributed by atoms with Crippen molar-refractivity contribution in [2.45, 2.75) is 0 Å². The lowest BCUT2D eigenvalue weighted by Gasteiger charge is -2.06. The average Bonchev–Trinajstić information content (AvgIpc) is 2.29. The normalized spacial score (nSPS) is 10.9. The van der Waals surface area contributed by atoms with E-state index in [2.05, 4.69) is 19.5 Å². The van der Waals surface area contributed by atoms with Crippen LogP contribution in [0.3, 0.4) is 0 Å². The van der Waals surface area contributed by atoms with Crippen molar-refractivity contribution < 1.29 is 12.6 Å². The van der Waals surface area contributed by atoms with E-state index in [-0.39, 0.29) is 17.7 Å². The van der Waals surface area contributed by atoms with Gasteiger partial charge in [0.15, 0.2) is 11.0 Å². The number of hydrogen-bond donors (Lipinski definition) is 2. The van der Waals surface area contributed by atoms with Crippen LogP contribution in [-0.4, -0.2) is 25.1 Å². The highest BCUT2D eigenvalue weighted by Crippen LogP contribution is 2.20. The number of anilines is 1. The van der Waals surface area contributed by atoms with Gasteiger partial charge in [0.05, 0.1) is 11.0 Å². The van der Waals surface area contributed by atoms with Gasteiger partial charge in [-0.15, -0.1) is 0 Å². The first-order valence-corrected chi connectivity index (χ1v) is 6.07. The fraction of sp³-hybridized carbons (Fsp3) is 0.111. The van der Waals surface area contributed by atoms with Crippen LogP contribution in [0, 0.1) is 0 Å². The number of halogens is 1. The minimum Gasteiger partial charge on any atom is -0.344 e. The smallest absolute Gasteiger partial charge is 0.258 e. The zero-order valence-electron chi connectivity index (χ0n) is 8.46. The summed E-state index contributed by atoms with van der Waals surface area (Å²) in [6.07, 6.45) is 0. The van der Waals surface area contributed by atoms with Crippen molar-refractivity contribution in [3.8, 4) is 0 Å². The SMILES string of the molecule is O=[SH](=O)OCNc1nc2ccccc2nc1Cl. The van der Waals surface area contributed by atoms with Gasteiger partial charge in [0.1, 0.15) is 6.73 Å². The molecule has 0 saturated heterocycles. The first-order valence-electron chi connectivity index (χ1n) is 4.60. The number of rotatable bonds is 4. The predicted molar refractivity (Wildman–Crippen MR) is 64.4 cm³/mol. The Morgan fingerprint density at radius 1 is 1.24 bits per heavy atom. The van der Waals surface area contributed by atoms with Crippen molar-refractivity contribution >= 4 is 39.4 Å². The molecule has 0 bridgehead atoms. The van der Waals surface area contributed by atoms with Gasteiger partial charge in [-0.1, -0.05) is 23.7 Å². The molecule has 0 spiro atoms. The van der Waals surface area contributed by atoms with E-state index in [1.807, 2.05) is 12.1 Å². The highest BCUT2D eigenvalue weighted by atomic mass is 35.5. The Morgan fingerprint density at radius 2 is 1.88 bits per heavy atom. The quantitative estimate of drug-likeness (QED) is 0.643. The van der Waals surface area contributed by atoms with Crippen LogP contribution in [0.2, 0.25) is 5.15 Å². The van der Waals surface area contributed by atoms with Gasteiger partial charge in [-0.2, -0.15) is 0 Å². The van der Waals surface area contributed by atoms with Gasteiger partial charge in [0.2, 0.25) is 0 Å². The van der Waals surface area contributed by atoms with E-state index in [0.717, 1.165) is 0 Å². The molecule has 17 heavy (non-hydrogen) atoms. The Labute approximate surface area is 104 Å².